The van der Waals surface area contributed by atoms with Crippen LogP contribution in [0.1, 0.15) is 10.4 Å². The van der Waals surface area contributed by atoms with Gasteiger partial charge in [0.05, 0.1) is 27.0 Å². The van der Waals surface area contributed by atoms with Gasteiger partial charge in [-0.25, -0.2) is 0 Å². The molecule has 3 rings (SSSR count). The van der Waals surface area contributed by atoms with Crippen molar-refractivity contribution in [3.63, 3.8) is 0 Å². The molecule has 0 bridgehead atoms. The second kappa shape index (κ2) is 7.99. The maximum atomic E-state index is 12.7. The highest BCUT2D eigenvalue weighted by Gasteiger charge is 2.24. The molecular weight excluding hydrogens is 332 g/mol. The van der Waals surface area contributed by atoms with Gasteiger partial charge in [-0.05, 0) is 30.3 Å². The van der Waals surface area contributed by atoms with Crippen LogP contribution in [0.4, 0.5) is 5.69 Å². The van der Waals surface area contributed by atoms with Crippen LogP contribution in [0.3, 0.4) is 0 Å². The molecule has 0 aromatic heterocycles. The van der Waals surface area contributed by atoms with E-state index < -0.39 is 0 Å². The van der Waals surface area contributed by atoms with Gasteiger partial charge in [-0.2, -0.15) is 0 Å². The number of nitrogens with zero attached hydrogens (tertiary/aromatic N) is 2. The van der Waals surface area contributed by atoms with Crippen LogP contribution in [0.2, 0.25) is 0 Å². The first kappa shape index (κ1) is 17.9. The fraction of sp³-hybridized carbons (Fsp3) is 0.350. The smallest absolute Gasteiger partial charge is 0.254 e. The molecule has 0 atom stereocenters. The molecule has 6 nitrogen and oxygen atoms in total. The summed E-state index contributed by atoms with van der Waals surface area (Å²) in [4.78, 5) is 16.8. The lowest BCUT2D eigenvalue weighted by Crippen LogP contribution is -2.48. The minimum absolute atomic E-state index is 0.0288. The normalized spacial score (nSPS) is 14.1. The van der Waals surface area contributed by atoms with Gasteiger partial charge in [-0.1, -0.05) is 6.07 Å². The summed E-state index contributed by atoms with van der Waals surface area (Å²) >= 11 is 0. The summed E-state index contributed by atoms with van der Waals surface area (Å²) in [6.07, 6.45) is 0. The highest BCUT2D eigenvalue weighted by molar-refractivity contribution is 5.94. The minimum Gasteiger partial charge on any atom is -0.497 e. The number of methoxy groups -OCH3 is 3. The van der Waals surface area contributed by atoms with Crippen molar-refractivity contribution < 1.29 is 19.0 Å². The Morgan fingerprint density at radius 1 is 0.846 bits per heavy atom. The summed E-state index contributed by atoms with van der Waals surface area (Å²) in [7, 11) is 4.91. The van der Waals surface area contributed by atoms with E-state index in [9.17, 15) is 4.79 Å². The van der Waals surface area contributed by atoms with E-state index in [2.05, 4.69) is 4.90 Å². The van der Waals surface area contributed by atoms with E-state index in [-0.39, 0.29) is 5.91 Å². The Morgan fingerprint density at radius 3 is 2.19 bits per heavy atom. The van der Waals surface area contributed by atoms with Crippen LogP contribution in [-0.4, -0.2) is 58.3 Å². The van der Waals surface area contributed by atoms with Crippen molar-refractivity contribution in [2.45, 2.75) is 0 Å². The van der Waals surface area contributed by atoms with Crippen molar-refractivity contribution in [3.8, 4) is 17.2 Å². The quantitative estimate of drug-likeness (QED) is 0.824. The molecule has 26 heavy (non-hydrogen) atoms. The molecule has 0 radical (unpaired) electrons. The topological polar surface area (TPSA) is 51.2 Å². The van der Waals surface area contributed by atoms with Crippen molar-refractivity contribution in [2.24, 2.45) is 0 Å². The van der Waals surface area contributed by atoms with Crippen molar-refractivity contribution in [1.29, 1.82) is 0 Å². The summed E-state index contributed by atoms with van der Waals surface area (Å²) in [5.74, 6) is 2.31. The SMILES string of the molecule is COc1cccc(C(=O)N2CCN(c3cc(OC)ccc3OC)CC2)c1. The molecule has 2 aromatic rings. The Bertz CT molecular complexity index is 770. The zero-order valence-electron chi connectivity index (χ0n) is 15.4. The maximum Gasteiger partial charge on any atom is 0.254 e. The van der Waals surface area contributed by atoms with Gasteiger partial charge in [0.1, 0.15) is 17.2 Å². The first-order valence-corrected chi connectivity index (χ1v) is 8.56. The summed E-state index contributed by atoms with van der Waals surface area (Å²) in [5, 5.41) is 0. The second-order valence-electron chi connectivity index (χ2n) is 6.05. The second-order valence-corrected chi connectivity index (χ2v) is 6.05. The van der Waals surface area contributed by atoms with Gasteiger partial charge in [-0.15, -0.1) is 0 Å². The monoisotopic (exact) mass is 356 g/mol. The molecular formula is C20H24N2O4. The zero-order chi connectivity index (χ0) is 18.5. The number of hydrogen-bond donors (Lipinski definition) is 0. The third-order valence-electron chi connectivity index (χ3n) is 4.61. The van der Waals surface area contributed by atoms with E-state index in [1.54, 1.807) is 27.4 Å². The number of rotatable bonds is 5. The predicted molar refractivity (Wildman–Crippen MR) is 101 cm³/mol. The number of ether oxygens (including phenoxy) is 3. The summed E-state index contributed by atoms with van der Waals surface area (Å²) in [6.45, 7) is 2.77. The van der Waals surface area contributed by atoms with Crippen molar-refractivity contribution in [1.82, 2.24) is 4.90 Å². The molecule has 0 saturated carbocycles. The van der Waals surface area contributed by atoms with Gasteiger partial charge in [0.15, 0.2) is 0 Å². The van der Waals surface area contributed by atoms with Crippen molar-refractivity contribution in [2.75, 3.05) is 52.4 Å². The van der Waals surface area contributed by atoms with Crippen LogP contribution in [0, 0.1) is 0 Å². The van der Waals surface area contributed by atoms with Crippen LogP contribution < -0.4 is 19.1 Å². The number of amides is 1. The number of piperazine rings is 1. The summed E-state index contributed by atoms with van der Waals surface area (Å²) < 4.78 is 16.0. The van der Waals surface area contributed by atoms with Gasteiger partial charge in [-0.3, -0.25) is 4.79 Å². The molecule has 6 heteroatoms. The zero-order valence-corrected chi connectivity index (χ0v) is 15.4. The number of anilines is 1. The molecule has 0 N–H and O–H groups in total. The Kier molecular flexibility index (Phi) is 5.51. The molecule has 0 spiro atoms. The fourth-order valence-corrected chi connectivity index (χ4v) is 3.13. The number of hydrogen-bond acceptors (Lipinski definition) is 5. The van der Waals surface area contributed by atoms with Crippen LogP contribution in [-0.2, 0) is 0 Å². The lowest BCUT2D eigenvalue weighted by atomic mass is 10.1. The van der Waals surface area contributed by atoms with Crippen LogP contribution in [0.15, 0.2) is 42.5 Å². The molecule has 1 aliphatic rings. The first-order chi connectivity index (χ1) is 12.7. The Balaban J connectivity index is 1.70. The average molecular weight is 356 g/mol. The Morgan fingerprint density at radius 2 is 1.54 bits per heavy atom. The van der Waals surface area contributed by atoms with Crippen LogP contribution in [0.5, 0.6) is 17.2 Å². The van der Waals surface area contributed by atoms with Gasteiger partial charge in [0, 0.05) is 37.8 Å². The van der Waals surface area contributed by atoms with E-state index >= 15 is 0 Å². The molecule has 1 saturated heterocycles. The maximum absolute atomic E-state index is 12.7. The van der Waals surface area contributed by atoms with E-state index in [1.165, 1.54) is 0 Å². The summed E-state index contributed by atoms with van der Waals surface area (Å²) in [5.41, 5.74) is 1.64. The number of carbonyl (C=O) groups excluding carboxylic acids is 1. The highest BCUT2D eigenvalue weighted by Crippen LogP contribution is 2.33. The molecule has 2 aromatic carbocycles. The van der Waals surface area contributed by atoms with Crippen molar-refractivity contribution in [3.05, 3.63) is 48.0 Å². The van der Waals surface area contributed by atoms with E-state index in [4.69, 9.17) is 14.2 Å². The first-order valence-electron chi connectivity index (χ1n) is 8.56. The van der Waals surface area contributed by atoms with E-state index in [1.807, 2.05) is 41.3 Å². The van der Waals surface area contributed by atoms with Gasteiger partial charge in [0.25, 0.3) is 5.91 Å². The lowest BCUT2D eigenvalue weighted by Gasteiger charge is -2.36. The Hall–Kier alpha value is -2.89. The van der Waals surface area contributed by atoms with Gasteiger partial charge >= 0.3 is 0 Å². The third-order valence-corrected chi connectivity index (χ3v) is 4.61. The van der Waals surface area contributed by atoms with E-state index in [0.29, 0.717) is 24.4 Å². The molecule has 0 aliphatic carbocycles. The molecule has 0 unspecified atom stereocenters. The molecule has 1 fully saturated rings. The van der Waals surface area contributed by atoms with Crippen molar-refractivity contribution >= 4 is 11.6 Å². The molecule has 1 aliphatic heterocycles. The Labute approximate surface area is 153 Å². The number of carbonyl (C=O) groups is 1. The van der Waals surface area contributed by atoms with Gasteiger partial charge in [0.2, 0.25) is 0 Å². The number of benzene rings is 2. The van der Waals surface area contributed by atoms with Gasteiger partial charge < -0.3 is 24.0 Å². The predicted octanol–water partition coefficient (Wildman–Crippen LogP) is 2.67. The molecule has 1 heterocycles. The fourth-order valence-electron chi connectivity index (χ4n) is 3.13. The minimum atomic E-state index is 0.0288. The molecule has 138 valence electrons. The highest BCUT2D eigenvalue weighted by atomic mass is 16.5. The summed E-state index contributed by atoms with van der Waals surface area (Å²) in [6, 6.07) is 13.0. The largest absolute Gasteiger partial charge is 0.497 e. The van der Waals surface area contributed by atoms with Crippen LogP contribution in [0.25, 0.3) is 0 Å². The van der Waals surface area contributed by atoms with E-state index in [0.717, 1.165) is 30.3 Å². The molecule has 1 amide bonds. The van der Waals surface area contributed by atoms with Crippen LogP contribution >= 0.6 is 0 Å². The average Bonchev–Trinajstić information content (AvgIpc) is 2.72. The third kappa shape index (κ3) is 3.69. The lowest BCUT2D eigenvalue weighted by molar-refractivity contribution is 0.0746. The standard InChI is InChI=1S/C20H24N2O4/c1-24-16-6-4-5-15(13-16)20(23)22-11-9-21(10-12-22)18-14-17(25-2)7-8-19(18)26-3/h4-8,13-14H,9-12H2,1-3H3.